The van der Waals surface area contributed by atoms with Gasteiger partial charge in [-0.1, -0.05) is 17.7 Å². The Kier molecular flexibility index (Phi) is 7.26. The largest absolute Gasteiger partial charge is 0.490 e. The first kappa shape index (κ1) is 24.7. The van der Waals surface area contributed by atoms with Crippen LogP contribution in [0.5, 0.6) is 0 Å². The summed E-state index contributed by atoms with van der Waals surface area (Å²) >= 11 is 13.7. The fourth-order valence-corrected chi connectivity index (χ4v) is 7.30. The molecule has 2 aliphatic carbocycles. The minimum Gasteiger partial charge on any atom is -0.475 e. The van der Waals surface area contributed by atoms with Crippen LogP contribution in [0.15, 0.2) is 28.1 Å². The van der Waals surface area contributed by atoms with Gasteiger partial charge in [-0.05, 0) is 58.5 Å². The molecule has 2 saturated carbocycles. The zero-order chi connectivity index (χ0) is 23.9. The topological polar surface area (TPSA) is 88.2 Å². The Morgan fingerprint density at radius 1 is 1.33 bits per heavy atom. The Hall–Kier alpha value is -1.40. The van der Waals surface area contributed by atoms with Crippen LogP contribution in [0.2, 0.25) is 5.15 Å². The number of thiophene rings is 2. The first-order valence-corrected chi connectivity index (χ1v) is 13.0. The number of nitrogens with two attached hydrogens (primary N) is 1. The zero-order valence-corrected chi connectivity index (χ0v) is 21.0. The molecule has 0 amide bonds. The van der Waals surface area contributed by atoms with Crippen LogP contribution in [0.1, 0.15) is 34.9 Å². The van der Waals surface area contributed by atoms with Gasteiger partial charge in [-0.3, -0.25) is 0 Å². The van der Waals surface area contributed by atoms with Crippen LogP contribution in [0.25, 0.3) is 10.2 Å². The van der Waals surface area contributed by atoms with Gasteiger partial charge in [-0.25, -0.2) is 9.78 Å². The molecule has 4 N–H and O–H groups in total. The van der Waals surface area contributed by atoms with Crippen LogP contribution in [-0.2, 0) is 11.3 Å². The lowest BCUT2D eigenvalue weighted by Crippen LogP contribution is -2.32. The van der Waals surface area contributed by atoms with Gasteiger partial charge >= 0.3 is 12.1 Å². The van der Waals surface area contributed by atoms with E-state index < -0.39 is 12.1 Å². The van der Waals surface area contributed by atoms with Crippen molar-refractivity contribution in [3.63, 3.8) is 0 Å². The van der Waals surface area contributed by atoms with Crippen LogP contribution in [0.3, 0.4) is 0 Å². The van der Waals surface area contributed by atoms with Gasteiger partial charge in [0.2, 0.25) is 0 Å². The molecule has 2 fully saturated rings. The summed E-state index contributed by atoms with van der Waals surface area (Å²) in [5.41, 5.74) is 8.54. The van der Waals surface area contributed by atoms with Crippen molar-refractivity contribution in [2.45, 2.75) is 43.9 Å². The van der Waals surface area contributed by atoms with Crippen LogP contribution in [0.4, 0.5) is 18.9 Å². The summed E-state index contributed by atoms with van der Waals surface area (Å²) in [6, 6.07) is 6.40. The monoisotopic (exact) mass is 581 g/mol. The predicted octanol–water partition coefficient (Wildman–Crippen LogP) is 6.86. The number of carbonyl (C=O) groups is 1. The number of hydrogen-bond acceptors (Lipinski definition) is 6. The molecule has 0 bridgehead atoms. The molecule has 178 valence electrons. The van der Waals surface area contributed by atoms with Crippen molar-refractivity contribution in [1.29, 1.82) is 0 Å². The summed E-state index contributed by atoms with van der Waals surface area (Å²) in [4.78, 5) is 16.1. The second-order valence-corrected chi connectivity index (χ2v) is 11.4. The Labute approximate surface area is 209 Å². The molecular formula is C21H20BrClF3N3O2S2. The van der Waals surface area contributed by atoms with E-state index in [4.69, 9.17) is 27.2 Å². The van der Waals surface area contributed by atoms with E-state index in [-0.39, 0.29) is 6.04 Å². The van der Waals surface area contributed by atoms with Gasteiger partial charge < -0.3 is 16.2 Å². The molecule has 0 aliphatic heterocycles. The molecule has 5 rings (SSSR count). The second kappa shape index (κ2) is 9.69. The third-order valence-corrected chi connectivity index (χ3v) is 9.39. The van der Waals surface area contributed by atoms with Crippen molar-refractivity contribution in [1.82, 2.24) is 4.98 Å². The standard InChI is InChI=1S/C19H19BrClN3S2.C2HF3O2/c20-16-17-19(26-18(16)12-5-9-4-10(9)6-13(12)22)14(7-15(21)24-17)23-8-11-2-1-3-25-11;3-2(4,5)1(6)7/h1-3,7,9-10,12-13H,4-6,8,22H2,(H,23,24);(H,6,7)/t9-,10+,12-,13-;/m0./s1. The quantitative estimate of drug-likeness (QED) is 0.293. The number of anilines is 1. The molecule has 0 unspecified atom stereocenters. The van der Waals surface area contributed by atoms with Gasteiger partial charge in [-0.15, -0.1) is 22.7 Å². The predicted molar refractivity (Wildman–Crippen MR) is 129 cm³/mol. The number of alkyl halides is 3. The Balaban J connectivity index is 0.000000325. The van der Waals surface area contributed by atoms with E-state index in [2.05, 4.69) is 43.7 Å². The van der Waals surface area contributed by atoms with Gasteiger partial charge in [0.1, 0.15) is 5.15 Å². The Bertz CT molecular complexity index is 1160. The van der Waals surface area contributed by atoms with E-state index in [0.717, 1.165) is 45.2 Å². The van der Waals surface area contributed by atoms with E-state index in [9.17, 15) is 13.2 Å². The number of nitrogens with zero attached hydrogens (tertiary/aromatic N) is 1. The summed E-state index contributed by atoms with van der Waals surface area (Å²) in [5, 5.41) is 13.3. The smallest absolute Gasteiger partial charge is 0.475 e. The fourth-order valence-electron chi connectivity index (χ4n) is 4.19. The molecule has 33 heavy (non-hydrogen) atoms. The fraction of sp³-hybridized carbons (Fsp3) is 0.429. The Morgan fingerprint density at radius 3 is 2.67 bits per heavy atom. The highest BCUT2D eigenvalue weighted by molar-refractivity contribution is 9.10. The summed E-state index contributed by atoms with van der Waals surface area (Å²) in [5.74, 6) is -0.571. The van der Waals surface area contributed by atoms with Gasteiger partial charge in [0.15, 0.2) is 0 Å². The minimum absolute atomic E-state index is 0.251. The number of halogens is 5. The van der Waals surface area contributed by atoms with Crippen molar-refractivity contribution in [3.05, 3.63) is 43.0 Å². The third-order valence-electron chi connectivity index (χ3n) is 5.91. The average molecular weight is 583 g/mol. The average Bonchev–Trinajstić information content (AvgIpc) is 3.14. The number of aliphatic carboxylic acids is 1. The summed E-state index contributed by atoms with van der Waals surface area (Å²) in [7, 11) is 0. The van der Waals surface area contributed by atoms with Crippen molar-refractivity contribution in [2.24, 2.45) is 17.6 Å². The lowest BCUT2D eigenvalue weighted by atomic mass is 9.84. The molecule has 0 aromatic carbocycles. The lowest BCUT2D eigenvalue weighted by molar-refractivity contribution is -0.192. The normalized spacial score (nSPS) is 24.1. The van der Waals surface area contributed by atoms with Gasteiger partial charge in [0.05, 0.1) is 20.4 Å². The van der Waals surface area contributed by atoms with E-state index in [0.29, 0.717) is 11.1 Å². The SMILES string of the molecule is N[C@H]1C[C@H]2C[C@H]2C[C@@H]1c1sc2c(NCc3cccs3)cc(Cl)nc2c1Br.O=C(O)C(F)(F)F. The van der Waals surface area contributed by atoms with Crippen LogP contribution < -0.4 is 11.1 Å². The molecule has 0 saturated heterocycles. The third kappa shape index (κ3) is 5.64. The number of pyridine rings is 1. The molecule has 3 aromatic rings. The molecule has 3 heterocycles. The Morgan fingerprint density at radius 2 is 2.03 bits per heavy atom. The molecule has 4 atom stereocenters. The van der Waals surface area contributed by atoms with Crippen LogP contribution in [-0.4, -0.2) is 28.3 Å². The van der Waals surface area contributed by atoms with Crippen LogP contribution >= 0.6 is 50.2 Å². The minimum atomic E-state index is -5.08. The van der Waals surface area contributed by atoms with Crippen molar-refractivity contribution < 1.29 is 23.1 Å². The molecule has 5 nitrogen and oxygen atoms in total. The number of hydrogen-bond donors (Lipinski definition) is 3. The van der Waals surface area contributed by atoms with E-state index >= 15 is 0 Å². The van der Waals surface area contributed by atoms with E-state index in [1.807, 2.05) is 17.4 Å². The highest BCUT2D eigenvalue weighted by Gasteiger charge is 2.46. The van der Waals surface area contributed by atoms with Gasteiger partial charge in [0, 0.05) is 34.3 Å². The highest BCUT2D eigenvalue weighted by atomic mass is 79.9. The summed E-state index contributed by atoms with van der Waals surface area (Å²) in [6.45, 7) is 0.796. The molecule has 3 aromatic heterocycles. The summed E-state index contributed by atoms with van der Waals surface area (Å²) in [6.07, 6.45) is -1.35. The number of nitrogens with one attached hydrogen (secondary N) is 1. The highest BCUT2D eigenvalue weighted by Crippen LogP contribution is 2.56. The molecule has 0 radical (unpaired) electrons. The molecular weight excluding hydrogens is 563 g/mol. The number of carboxylic acids is 1. The van der Waals surface area contributed by atoms with Crippen molar-refractivity contribution in [3.8, 4) is 0 Å². The summed E-state index contributed by atoms with van der Waals surface area (Å²) < 4.78 is 34.0. The molecule has 12 heteroatoms. The molecule has 0 spiro atoms. The first-order chi connectivity index (χ1) is 15.5. The molecule has 2 aliphatic rings. The van der Waals surface area contributed by atoms with Crippen molar-refractivity contribution >= 4 is 72.1 Å². The first-order valence-electron chi connectivity index (χ1n) is 10.1. The van der Waals surface area contributed by atoms with Gasteiger partial charge in [0.25, 0.3) is 0 Å². The van der Waals surface area contributed by atoms with E-state index in [1.165, 1.54) is 22.6 Å². The van der Waals surface area contributed by atoms with Gasteiger partial charge in [-0.2, -0.15) is 13.2 Å². The zero-order valence-electron chi connectivity index (χ0n) is 17.0. The second-order valence-electron chi connectivity index (χ2n) is 8.18. The maximum atomic E-state index is 10.6. The van der Waals surface area contributed by atoms with Crippen LogP contribution in [0, 0.1) is 11.8 Å². The maximum Gasteiger partial charge on any atom is 0.490 e. The lowest BCUT2D eigenvalue weighted by Gasteiger charge is -2.27. The number of rotatable bonds is 4. The van der Waals surface area contributed by atoms with E-state index in [1.54, 1.807) is 11.3 Å². The number of fused-ring (bicyclic) bond motifs is 2. The van der Waals surface area contributed by atoms with Crippen molar-refractivity contribution in [2.75, 3.05) is 5.32 Å². The number of carboxylic acid groups (broad SMARTS) is 1. The number of aromatic nitrogens is 1. The maximum absolute atomic E-state index is 10.6.